The molecule has 1 aromatic rings. The summed E-state index contributed by atoms with van der Waals surface area (Å²) in [5.74, 6) is 5.13. The molecule has 0 aliphatic rings. The first-order chi connectivity index (χ1) is 7.77. The molecular weight excluding hydrogens is 202 g/mol. The molecule has 0 saturated carbocycles. The summed E-state index contributed by atoms with van der Waals surface area (Å²) in [5.41, 5.74) is 1.19. The van der Waals surface area contributed by atoms with Crippen molar-refractivity contribution in [2.45, 2.75) is 13.3 Å². The number of esters is 1. The second kappa shape index (κ2) is 6.27. The minimum Gasteiger partial charge on any atom is -0.462 e. The molecule has 0 amide bonds. The van der Waals surface area contributed by atoms with Crippen LogP contribution in [0.1, 0.15) is 29.3 Å². The summed E-state index contributed by atoms with van der Waals surface area (Å²) in [6, 6.07) is 8.78. The zero-order chi connectivity index (χ0) is 11.8. The first-order valence-electron chi connectivity index (χ1n) is 4.91. The molecule has 1 aromatic carbocycles. The number of rotatable bonds is 2. The van der Waals surface area contributed by atoms with Crippen LogP contribution in [0.5, 0.6) is 0 Å². The summed E-state index contributed by atoms with van der Waals surface area (Å²) in [6.07, 6.45) is 0.184. The average molecular weight is 213 g/mol. The van der Waals surface area contributed by atoms with Gasteiger partial charge in [0.25, 0.3) is 0 Å². The molecule has 0 saturated heterocycles. The fraction of sp³-hybridized carbons (Fsp3) is 0.231. The quantitative estimate of drug-likeness (QED) is 0.558. The third kappa shape index (κ3) is 3.48. The molecule has 0 aliphatic carbocycles. The lowest BCUT2D eigenvalue weighted by Gasteiger charge is -2.01. The Hall–Kier alpha value is -2.26. The summed E-state index contributed by atoms with van der Waals surface area (Å²) in [7, 11) is 0. The van der Waals surface area contributed by atoms with Crippen LogP contribution in [0.15, 0.2) is 24.3 Å². The molecule has 0 radical (unpaired) electrons. The maximum Gasteiger partial charge on any atom is 0.338 e. The number of benzene rings is 1. The molecule has 0 spiro atoms. The van der Waals surface area contributed by atoms with Crippen LogP contribution in [0.4, 0.5) is 0 Å². The zero-order valence-corrected chi connectivity index (χ0v) is 8.99. The highest BCUT2D eigenvalue weighted by molar-refractivity contribution is 5.89. The second-order valence-corrected chi connectivity index (χ2v) is 2.94. The van der Waals surface area contributed by atoms with Gasteiger partial charge in [0.1, 0.15) is 0 Å². The van der Waals surface area contributed by atoms with E-state index >= 15 is 0 Å². The van der Waals surface area contributed by atoms with Crippen LogP contribution in [-0.4, -0.2) is 12.6 Å². The fourth-order valence-corrected chi connectivity index (χ4v) is 1.12. The highest BCUT2D eigenvalue weighted by atomic mass is 16.5. The van der Waals surface area contributed by atoms with E-state index in [1.165, 1.54) is 0 Å². The van der Waals surface area contributed by atoms with E-state index in [1.807, 2.05) is 6.07 Å². The highest BCUT2D eigenvalue weighted by Gasteiger charge is 2.05. The fourth-order valence-electron chi connectivity index (χ4n) is 1.12. The lowest BCUT2D eigenvalue weighted by Crippen LogP contribution is -2.04. The van der Waals surface area contributed by atoms with Crippen molar-refractivity contribution in [2.24, 2.45) is 0 Å². The van der Waals surface area contributed by atoms with Gasteiger partial charge in [0.2, 0.25) is 0 Å². The van der Waals surface area contributed by atoms with E-state index in [2.05, 4.69) is 11.8 Å². The summed E-state index contributed by atoms with van der Waals surface area (Å²) in [5, 5.41) is 8.33. The Bertz CT molecular complexity index is 475. The van der Waals surface area contributed by atoms with Crippen LogP contribution in [0.3, 0.4) is 0 Å². The Morgan fingerprint density at radius 3 is 3.00 bits per heavy atom. The predicted octanol–water partition coefficient (Wildman–Crippen LogP) is 2.13. The van der Waals surface area contributed by atoms with Crippen LogP contribution in [0.2, 0.25) is 0 Å². The summed E-state index contributed by atoms with van der Waals surface area (Å²) in [4.78, 5) is 11.4. The van der Waals surface area contributed by atoms with Gasteiger partial charge in [0.15, 0.2) is 0 Å². The Kier molecular flexibility index (Phi) is 4.63. The number of hydrogen-bond donors (Lipinski definition) is 0. The number of nitriles is 1. The Balaban J connectivity index is 2.84. The highest BCUT2D eigenvalue weighted by Crippen LogP contribution is 2.05. The summed E-state index contributed by atoms with van der Waals surface area (Å²) < 4.78 is 4.87. The first-order valence-corrected chi connectivity index (χ1v) is 4.91. The van der Waals surface area contributed by atoms with Gasteiger partial charge in [-0.3, -0.25) is 0 Å². The van der Waals surface area contributed by atoms with E-state index in [0.29, 0.717) is 17.7 Å². The molecule has 3 nitrogen and oxygen atoms in total. The molecule has 0 heterocycles. The second-order valence-electron chi connectivity index (χ2n) is 2.94. The van der Waals surface area contributed by atoms with E-state index in [1.54, 1.807) is 31.2 Å². The molecule has 0 aliphatic heterocycles. The number of carbonyl (C=O) groups is 1. The van der Waals surface area contributed by atoms with Crippen molar-refractivity contribution < 1.29 is 9.53 Å². The molecule has 0 fully saturated rings. The summed E-state index contributed by atoms with van der Waals surface area (Å²) in [6.45, 7) is 2.11. The molecule has 1 rings (SSSR count). The number of hydrogen-bond acceptors (Lipinski definition) is 3. The molecule has 80 valence electrons. The van der Waals surface area contributed by atoms with Gasteiger partial charge in [-0.2, -0.15) is 5.26 Å². The van der Waals surface area contributed by atoms with Crippen LogP contribution >= 0.6 is 0 Å². The Morgan fingerprint density at radius 1 is 1.50 bits per heavy atom. The molecule has 0 N–H and O–H groups in total. The third-order valence-corrected chi connectivity index (χ3v) is 1.77. The van der Waals surface area contributed by atoms with Gasteiger partial charge in [-0.1, -0.05) is 17.9 Å². The smallest absolute Gasteiger partial charge is 0.338 e. The van der Waals surface area contributed by atoms with E-state index < -0.39 is 0 Å². The normalized spacial score (nSPS) is 8.50. The van der Waals surface area contributed by atoms with Crippen molar-refractivity contribution in [3.63, 3.8) is 0 Å². The maximum absolute atomic E-state index is 11.4. The van der Waals surface area contributed by atoms with Crippen LogP contribution < -0.4 is 0 Å². The first kappa shape index (κ1) is 11.8. The summed E-state index contributed by atoms with van der Waals surface area (Å²) >= 11 is 0. The lowest BCUT2D eigenvalue weighted by molar-refractivity contribution is 0.0526. The standard InChI is InChI=1S/C13H11NO2/c1-2-16-13(15)12-8-5-7-11(10-12)6-3-4-9-14/h5,7-8,10H,2,4H2,1H3. The minimum atomic E-state index is -0.355. The topological polar surface area (TPSA) is 50.1 Å². The maximum atomic E-state index is 11.4. The molecule has 0 bridgehead atoms. The minimum absolute atomic E-state index is 0.184. The van der Waals surface area contributed by atoms with Crippen molar-refractivity contribution >= 4 is 5.97 Å². The van der Waals surface area contributed by atoms with Crippen LogP contribution in [0, 0.1) is 23.2 Å². The lowest BCUT2D eigenvalue weighted by atomic mass is 10.1. The van der Waals surface area contributed by atoms with Crippen molar-refractivity contribution in [1.29, 1.82) is 5.26 Å². The molecular formula is C13H11NO2. The SMILES string of the molecule is CCOC(=O)c1cccc(C#CCC#N)c1. The van der Waals surface area contributed by atoms with Crippen molar-refractivity contribution in [2.75, 3.05) is 6.61 Å². The third-order valence-electron chi connectivity index (χ3n) is 1.77. The van der Waals surface area contributed by atoms with Gasteiger partial charge in [0.05, 0.1) is 24.7 Å². The van der Waals surface area contributed by atoms with Gasteiger partial charge in [-0.05, 0) is 25.1 Å². The predicted molar refractivity (Wildman–Crippen MR) is 59.5 cm³/mol. The van der Waals surface area contributed by atoms with E-state index in [0.717, 1.165) is 0 Å². The van der Waals surface area contributed by atoms with Crippen LogP contribution in [-0.2, 0) is 4.74 Å². The molecule has 16 heavy (non-hydrogen) atoms. The van der Waals surface area contributed by atoms with E-state index in [-0.39, 0.29) is 12.4 Å². The van der Waals surface area contributed by atoms with Gasteiger partial charge in [0, 0.05) is 5.56 Å². The van der Waals surface area contributed by atoms with Crippen molar-refractivity contribution in [1.82, 2.24) is 0 Å². The van der Waals surface area contributed by atoms with E-state index in [9.17, 15) is 4.79 Å². The van der Waals surface area contributed by atoms with Crippen LogP contribution in [0.25, 0.3) is 0 Å². The average Bonchev–Trinajstić information content (AvgIpc) is 2.30. The number of ether oxygens (including phenoxy) is 1. The van der Waals surface area contributed by atoms with E-state index in [4.69, 9.17) is 10.00 Å². The van der Waals surface area contributed by atoms with Crippen molar-refractivity contribution in [3.8, 4) is 17.9 Å². The van der Waals surface area contributed by atoms with Crippen molar-refractivity contribution in [3.05, 3.63) is 35.4 Å². The largest absolute Gasteiger partial charge is 0.462 e. The van der Waals surface area contributed by atoms with Gasteiger partial charge in [-0.25, -0.2) is 4.79 Å². The molecule has 3 heteroatoms. The molecule has 0 atom stereocenters. The molecule has 0 aromatic heterocycles. The molecule has 0 unspecified atom stereocenters. The van der Waals surface area contributed by atoms with Gasteiger partial charge >= 0.3 is 5.97 Å². The van der Waals surface area contributed by atoms with Gasteiger partial charge < -0.3 is 4.74 Å². The Morgan fingerprint density at radius 2 is 2.31 bits per heavy atom. The zero-order valence-electron chi connectivity index (χ0n) is 8.99. The van der Waals surface area contributed by atoms with Gasteiger partial charge in [-0.15, -0.1) is 0 Å². The number of carbonyl (C=O) groups excluding carboxylic acids is 1. The Labute approximate surface area is 94.7 Å². The number of nitrogens with zero attached hydrogens (tertiary/aromatic N) is 1. The monoisotopic (exact) mass is 213 g/mol.